The summed E-state index contributed by atoms with van der Waals surface area (Å²) in [4.78, 5) is 23.6. The van der Waals surface area contributed by atoms with Crippen LogP contribution >= 0.6 is 0 Å². The van der Waals surface area contributed by atoms with Crippen LogP contribution in [0, 0.1) is 11.3 Å². The fourth-order valence-corrected chi connectivity index (χ4v) is 2.09. The lowest BCUT2D eigenvalue weighted by Gasteiger charge is -2.10. The maximum absolute atomic E-state index is 11.9. The lowest BCUT2D eigenvalue weighted by Crippen LogP contribution is -2.17. The van der Waals surface area contributed by atoms with Crippen LogP contribution in [0.1, 0.15) is 22.3 Å². The largest absolute Gasteiger partial charge is 0.465 e. The van der Waals surface area contributed by atoms with E-state index < -0.39 is 5.97 Å². The first-order valence-corrected chi connectivity index (χ1v) is 7.35. The number of carbonyl (C=O) groups excluding carboxylic acids is 2. The van der Waals surface area contributed by atoms with Gasteiger partial charge in [-0.1, -0.05) is 12.1 Å². The average molecular weight is 323 g/mol. The Balaban J connectivity index is 1.87. The molecule has 122 valence electrons. The Morgan fingerprint density at radius 3 is 2.50 bits per heavy atom. The number of carbonyl (C=O) groups is 2. The number of nitrogens with zero attached hydrogens (tertiary/aromatic N) is 1. The molecule has 0 aliphatic carbocycles. The second kappa shape index (κ2) is 8.34. The van der Waals surface area contributed by atoms with Gasteiger partial charge in [0.1, 0.15) is 0 Å². The fraction of sp³-hybridized carbons (Fsp3) is 0.167. The summed E-state index contributed by atoms with van der Waals surface area (Å²) in [5, 5.41) is 14.5. The minimum absolute atomic E-state index is 0.164. The van der Waals surface area contributed by atoms with Gasteiger partial charge in [0, 0.05) is 24.3 Å². The minimum Gasteiger partial charge on any atom is -0.465 e. The maximum atomic E-state index is 11.9. The van der Waals surface area contributed by atoms with Crippen LogP contribution in [0.3, 0.4) is 0 Å². The molecule has 0 aliphatic heterocycles. The molecule has 1 amide bonds. The van der Waals surface area contributed by atoms with Crippen LogP contribution in [0.5, 0.6) is 0 Å². The highest BCUT2D eigenvalue weighted by molar-refractivity contribution is 5.95. The topological polar surface area (TPSA) is 91.2 Å². The molecule has 0 aromatic heterocycles. The van der Waals surface area contributed by atoms with E-state index in [9.17, 15) is 9.59 Å². The lowest BCUT2D eigenvalue weighted by atomic mass is 10.1. The van der Waals surface area contributed by atoms with Crippen LogP contribution in [0.2, 0.25) is 0 Å². The third kappa shape index (κ3) is 4.58. The van der Waals surface area contributed by atoms with E-state index in [1.807, 2.05) is 6.07 Å². The molecule has 2 aromatic carbocycles. The number of hydrogen-bond acceptors (Lipinski definition) is 5. The Labute approximate surface area is 140 Å². The molecule has 0 aliphatic rings. The van der Waals surface area contributed by atoms with Gasteiger partial charge in [0.2, 0.25) is 5.91 Å². The molecule has 6 nitrogen and oxygen atoms in total. The Morgan fingerprint density at radius 1 is 1.12 bits per heavy atom. The molecule has 0 heterocycles. The first-order chi connectivity index (χ1) is 11.6. The number of ether oxygens (including phenoxy) is 1. The zero-order chi connectivity index (χ0) is 17.4. The van der Waals surface area contributed by atoms with Gasteiger partial charge in [-0.25, -0.2) is 4.79 Å². The third-order valence-corrected chi connectivity index (χ3v) is 3.30. The zero-order valence-electron chi connectivity index (χ0n) is 13.2. The number of methoxy groups -OCH3 is 1. The van der Waals surface area contributed by atoms with Gasteiger partial charge < -0.3 is 15.4 Å². The predicted molar refractivity (Wildman–Crippen MR) is 90.7 cm³/mol. The SMILES string of the molecule is COC(=O)c1ccccc1NCCC(=O)Nc1ccc(C#N)cc1. The van der Waals surface area contributed by atoms with Crippen LogP contribution in [0.4, 0.5) is 11.4 Å². The number of benzene rings is 2. The molecule has 0 spiro atoms. The van der Waals surface area contributed by atoms with E-state index in [2.05, 4.69) is 10.6 Å². The van der Waals surface area contributed by atoms with Crippen molar-refractivity contribution in [1.29, 1.82) is 5.26 Å². The van der Waals surface area contributed by atoms with Gasteiger partial charge >= 0.3 is 5.97 Å². The standard InChI is InChI=1S/C18H17N3O3/c1-24-18(23)15-4-2-3-5-16(15)20-11-10-17(22)21-14-8-6-13(12-19)7-9-14/h2-9,20H,10-11H2,1H3,(H,21,22). The molecular weight excluding hydrogens is 306 g/mol. The van der Waals surface area contributed by atoms with Crippen molar-refractivity contribution in [1.82, 2.24) is 0 Å². The average Bonchev–Trinajstić information content (AvgIpc) is 2.62. The molecule has 0 bridgehead atoms. The van der Waals surface area contributed by atoms with Crippen molar-refractivity contribution >= 4 is 23.3 Å². The number of hydrogen-bond donors (Lipinski definition) is 2. The Bertz CT molecular complexity index is 764. The Morgan fingerprint density at radius 2 is 1.83 bits per heavy atom. The first kappa shape index (κ1) is 17.0. The summed E-state index contributed by atoms with van der Waals surface area (Å²) >= 11 is 0. The van der Waals surface area contributed by atoms with E-state index in [0.29, 0.717) is 29.0 Å². The second-order valence-corrected chi connectivity index (χ2v) is 4.95. The molecule has 0 fully saturated rings. The van der Waals surface area contributed by atoms with Crippen molar-refractivity contribution in [3.63, 3.8) is 0 Å². The molecule has 2 N–H and O–H groups in total. The number of amides is 1. The molecule has 0 saturated heterocycles. The highest BCUT2D eigenvalue weighted by Crippen LogP contribution is 2.16. The smallest absolute Gasteiger partial charge is 0.339 e. The summed E-state index contributed by atoms with van der Waals surface area (Å²) in [6, 6.07) is 15.6. The number of rotatable bonds is 6. The van der Waals surface area contributed by atoms with Crippen LogP contribution in [0.25, 0.3) is 0 Å². The normalized spacial score (nSPS) is 9.67. The van der Waals surface area contributed by atoms with Gasteiger partial charge in [-0.15, -0.1) is 0 Å². The number of nitriles is 1. The zero-order valence-corrected chi connectivity index (χ0v) is 13.2. The van der Waals surface area contributed by atoms with E-state index >= 15 is 0 Å². The second-order valence-electron chi connectivity index (χ2n) is 4.95. The van der Waals surface area contributed by atoms with E-state index in [1.54, 1.807) is 48.5 Å². The number of esters is 1. The molecule has 0 unspecified atom stereocenters. The van der Waals surface area contributed by atoms with Crippen molar-refractivity contribution in [3.8, 4) is 6.07 Å². The summed E-state index contributed by atoms with van der Waals surface area (Å²) in [6.07, 6.45) is 0.232. The lowest BCUT2D eigenvalue weighted by molar-refractivity contribution is -0.115. The Kier molecular flexibility index (Phi) is 5.92. The van der Waals surface area contributed by atoms with E-state index in [4.69, 9.17) is 10.00 Å². The van der Waals surface area contributed by atoms with E-state index in [-0.39, 0.29) is 12.3 Å². The molecule has 0 saturated carbocycles. The van der Waals surface area contributed by atoms with Crippen LogP contribution < -0.4 is 10.6 Å². The van der Waals surface area contributed by atoms with E-state index in [1.165, 1.54) is 7.11 Å². The summed E-state index contributed by atoms with van der Waals surface area (Å²) in [7, 11) is 1.32. The van der Waals surface area contributed by atoms with E-state index in [0.717, 1.165) is 0 Å². The molecular formula is C18H17N3O3. The summed E-state index contributed by atoms with van der Waals surface area (Å²) < 4.78 is 4.72. The summed E-state index contributed by atoms with van der Waals surface area (Å²) in [5.74, 6) is -0.595. The quantitative estimate of drug-likeness (QED) is 0.798. The van der Waals surface area contributed by atoms with Gasteiger partial charge in [0.05, 0.1) is 24.3 Å². The number of nitrogens with one attached hydrogen (secondary N) is 2. The number of para-hydroxylation sites is 1. The summed E-state index contributed by atoms with van der Waals surface area (Å²) in [5.41, 5.74) is 2.21. The predicted octanol–water partition coefficient (Wildman–Crippen LogP) is 2.79. The van der Waals surface area contributed by atoms with Gasteiger partial charge in [0.25, 0.3) is 0 Å². The maximum Gasteiger partial charge on any atom is 0.339 e. The van der Waals surface area contributed by atoms with Gasteiger partial charge in [-0.3, -0.25) is 4.79 Å². The molecule has 2 rings (SSSR count). The van der Waals surface area contributed by atoms with Crippen molar-refractivity contribution in [2.24, 2.45) is 0 Å². The molecule has 24 heavy (non-hydrogen) atoms. The van der Waals surface area contributed by atoms with Gasteiger partial charge in [-0.2, -0.15) is 5.26 Å². The summed E-state index contributed by atoms with van der Waals surface area (Å²) in [6.45, 7) is 0.371. The third-order valence-electron chi connectivity index (χ3n) is 3.30. The van der Waals surface area contributed by atoms with Crippen molar-refractivity contribution in [2.75, 3.05) is 24.3 Å². The van der Waals surface area contributed by atoms with Crippen molar-refractivity contribution < 1.29 is 14.3 Å². The van der Waals surface area contributed by atoms with Gasteiger partial charge in [0.15, 0.2) is 0 Å². The monoisotopic (exact) mass is 323 g/mol. The molecule has 0 radical (unpaired) electrons. The number of anilines is 2. The fourth-order valence-electron chi connectivity index (χ4n) is 2.09. The molecule has 2 aromatic rings. The van der Waals surface area contributed by atoms with Crippen LogP contribution in [-0.4, -0.2) is 25.5 Å². The minimum atomic E-state index is -0.430. The first-order valence-electron chi connectivity index (χ1n) is 7.35. The van der Waals surface area contributed by atoms with Crippen LogP contribution in [0.15, 0.2) is 48.5 Å². The van der Waals surface area contributed by atoms with Crippen LogP contribution in [-0.2, 0) is 9.53 Å². The Hall–Kier alpha value is -3.33. The van der Waals surface area contributed by atoms with Gasteiger partial charge in [-0.05, 0) is 36.4 Å². The highest BCUT2D eigenvalue weighted by Gasteiger charge is 2.11. The molecule has 6 heteroatoms. The van der Waals surface area contributed by atoms with Crippen molar-refractivity contribution in [2.45, 2.75) is 6.42 Å². The van der Waals surface area contributed by atoms with Crippen molar-refractivity contribution in [3.05, 3.63) is 59.7 Å². The molecule has 0 atom stereocenters. The highest BCUT2D eigenvalue weighted by atomic mass is 16.5.